The fourth-order valence-corrected chi connectivity index (χ4v) is 1.59. The van der Waals surface area contributed by atoms with E-state index in [2.05, 4.69) is 0 Å². The average Bonchev–Trinajstić information content (AvgIpc) is 2.29. The van der Waals surface area contributed by atoms with Gasteiger partial charge in [0.2, 0.25) is 0 Å². The van der Waals surface area contributed by atoms with Gasteiger partial charge in [-0.05, 0) is 37.5 Å². The number of carboxylic acid groups (broad SMARTS) is 1. The molecule has 5 heteroatoms. The summed E-state index contributed by atoms with van der Waals surface area (Å²) in [6.45, 7) is 5.23. The maximum atomic E-state index is 11.9. The van der Waals surface area contributed by atoms with Gasteiger partial charge in [0.15, 0.2) is 6.10 Å². The fourth-order valence-electron chi connectivity index (χ4n) is 1.59. The van der Waals surface area contributed by atoms with Crippen molar-refractivity contribution in [2.24, 2.45) is 0 Å². The third kappa shape index (κ3) is 3.00. The van der Waals surface area contributed by atoms with Crippen LogP contribution in [0, 0.1) is 13.8 Å². The van der Waals surface area contributed by atoms with Crippen molar-refractivity contribution in [3.05, 3.63) is 28.8 Å². The van der Waals surface area contributed by atoms with E-state index in [4.69, 9.17) is 15.6 Å². The number of ether oxygens (including phenoxy) is 1. The molecule has 0 aromatic heterocycles. The number of hydrogen-bond donors (Lipinski definition) is 2. The molecule has 0 spiro atoms. The number of nitrogens with two attached hydrogens (primary N) is 1. The van der Waals surface area contributed by atoms with Gasteiger partial charge in [0.25, 0.3) is 0 Å². The molecule has 3 N–H and O–H groups in total. The number of aliphatic carboxylic acids is 1. The molecule has 1 atom stereocenters. The van der Waals surface area contributed by atoms with Crippen LogP contribution < -0.4 is 5.73 Å². The minimum Gasteiger partial charge on any atom is -0.479 e. The zero-order chi connectivity index (χ0) is 13.9. The molecule has 98 valence electrons. The highest BCUT2D eigenvalue weighted by atomic mass is 16.6. The number of carbonyl (C=O) groups excluding carboxylic acids is 1. The third-order valence-electron chi connectivity index (χ3n) is 2.73. The number of nitrogen functional groups attached to an aromatic ring is 1. The molecule has 0 radical (unpaired) electrons. The number of hydrogen-bond acceptors (Lipinski definition) is 4. The summed E-state index contributed by atoms with van der Waals surface area (Å²) in [4.78, 5) is 22.7. The topological polar surface area (TPSA) is 89.6 Å². The summed E-state index contributed by atoms with van der Waals surface area (Å²) in [5.41, 5.74) is 8.10. The lowest BCUT2D eigenvalue weighted by Crippen LogP contribution is -2.26. The average molecular weight is 251 g/mol. The first-order valence-corrected chi connectivity index (χ1v) is 5.67. The van der Waals surface area contributed by atoms with Crippen LogP contribution >= 0.6 is 0 Å². The Hall–Kier alpha value is -2.04. The predicted molar refractivity (Wildman–Crippen MR) is 67.5 cm³/mol. The number of carboxylic acids is 1. The van der Waals surface area contributed by atoms with E-state index < -0.39 is 18.0 Å². The molecular weight excluding hydrogens is 234 g/mol. The molecule has 0 aliphatic rings. The molecule has 18 heavy (non-hydrogen) atoms. The van der Waals surface area contributed by atoms with Crippen LogP contribution in [0.3, 0.4) is 0 Å². The minimum absolute atomic E-state index is 0.224. The zero-order valence-corrected chi connectivity index (χ0v) is 10.7. The van der Waals surface area contributed by atoms with E-state index >= 15 is 0 Å². The lowest BCUT2D eigenvalue weighted by molar-refractivity contribution is -0.147. The molecule has 0 fully saturated rings. The lowest BCUT2D eigenvalue weighted by atomic mass is 10.0. The van der Waals surface area contributed by atoms with Gasteiger partial charge in [0.05, 0.1) is 5.56 Å². The summed E-state index contributed by atoms with van der Waals surface area (Å²) < 4.78 is 4.93. The van der Waals surface area contributed by atoms with Gasteiger partial charge in [-0.25, -0.2) is 9.59 Å². The highest BCUT2D eigenvalue weighted by Gasteiger charge is 2.22. The van der Waals surface area contributed by atoms with Gasteiger partial charge in [-0.3, -0.25) is 0 Å². The Morgan fingerprint density at radius 2 is 1.94 bits per heavy atom. The van der Waals surface area contributed by atoms with Gasteiger partial charge >= 0.3 is 11.9 Å². The number of esters is 1. The monoisotopic (exact) mass is 251 g/mol. The van der Waals surface area contributed by atoms with Gasteiger partial charge in [-0.1, -0.05) is 13.0 Å². The van der Waals surface area contributed by atoms with Gasteiger partial charge < -0.3 is 15.6 Å². The second-order valence-electron chi connectivity index (χ2n) is 4.16. The quantitative estimate of drug-likeness (QED) is 0.630. The van der Waals surface area contributed by atoms with Crippen molar-refractivity contribution in [1.82, 2.24) is 0 Å². The molecule has 0 bridgehead atoms. The van der Waals surface area contributed by atoms with E-state index in [0.717, 1.165) is 5.56 Å². The standard InChI is InChI=1S/C13H17NO4/c1-4-11(12(15)16)18-13(17)9-6-10(14)8(3)5-7(9)2/h5-6,11H,4,14H2,1-3H3,(H,15,16). The Bertz CT molecular complexity index is 482. The van der Waals surface area contributed by atoms with Crippen molar-refractivity contribution in [3.63, 3.8) is 0 Å². The van der Waals surface area contributed by atoms with Crippen LogP contribution in [0.5, 0.6) is 0 Å². The van der Waals surface area contributed by atoms with Crippen molar-refractivity contribution in [1.29, 1.82) is 0 Å². The molecule has 0 amide bonds. The SMILES string of the molecule is CCC(OC(=O)c1cc(N)c(C)cc1C)C(=O)O. The van der Waals surface area contributed by atoms with Crippen molar-refractivity contribution in [3.8, 4) is 0 Å². The molecule has 1 unspecified atom stereocenters. The number of carbonyl (C=O) groups is 2. The second-order valence-corrected chi connectivity index (χ2v) is 4.16. The van der Waals surface area contributed by atoms with E-state index in [0.29, 0.717) is 16.8 Å². The van der Waals surface area contributed by atoms with Crippen LogP contribution in [0.25, 0.3) is 0 Å². The Kier molecular flexibility index (Phi) is 4.31. The van der Waals surface area contributed by atoms with E-state index in [9.17, 15) is 9.59 Å². The summed E-state index contributed by atoms with van der Waals surface area (Å²) in [6.07, 6.45) is -0.902. The van der Waals surface area contributed by atoms with Crippen molar-refractivity contribution in [2.75, 3.05) is 5.73 Å². The van der Waals surface area contributed by atoms with Gasteiger partial charge in [-0.2, -0.15) is 0 Å². The third-order valence-corrected chi connectivity index (χ3v) is 2.73. The number of anilines is 1. The second kappa shape index (κ2) is 5.53. The smallest absolute Gasteiger partial charge is 0.345 e. The normalized spacial score (nSPS) is 11.9. The summed E-state index contributed by atoms with van der Waals surface area (Å²) in [6, 6.07) is 3.29. The first-order valence-electron chi connectivity index (χ1n) is 5.67. The lowest BCUT2D eigenvalue weighted by Gasteiger charge is -2.13. The maximum absolute atomic E-state index is 11.9. The zero-order valence-electron chi connectivity index (χ0n) is 10.7. The highest BCUT2D eigenvalue weighted by molar-refractivity contribution is 5.93. The molecule has 0 heterocycles. The summed E-state index contributed by atoms with van der Waals surface area (Å²) in [7, 11) is 0. The summed E-state index contributed by atoms with van der Waals surface area (Å²) >= 11 is 0. The molecular formula is C13H17NO4. The summed E-state index contributed by atoms with van der Waals surface area (Å²) in [5, 5.41) is 8.84. The molecule has 0 aliphatic carbocycles. The highest BCUT2D eigenvalue weighted by Crippen LogP contribution is 2.19. The van der Waals surface area contributed by atoms with E-state index in [1.165, 1.54) is 6.07 Å². The van der Waals surface area contributed by atoms with Gasteiger partial charge in [0, 0.05) is 5.69 Å². The van der Waals surface area contributed by atoms with Crippen LogP contribution in [0.15, 0.2) is 12.1 Å². The van der Waals surface area contributed by atoms with Gasteiger partial charge in [0.1, 0.15) is 0 Å². The Morgan fingerprint density at radius 3 is 2.44 bits per heavy atom. The molecule has 5 nitrogen and oxygen atoms in total. The molecule has 0 aliphatic heterocycles. The fraction of sp³-hybridized carbons (Fsp3) is 0.385. The van der Waals surface area contributed by atoms with Crippen LogP contribution in [-0.4, -0.2) is 23.1 Å². The molecule has 1 aromatic carbocycles. The molecule has 1 rings (SSSR count). The molecule has 1 aromatic rings. The Balaban J connectivity index is 2.97. The maximum Gasteiger partial charge on any atom is 0.345 e. The Labute approximate surface area is 106 Å². The number of aryl methyl sites for hydroxylation is 2. The van der Waals surface area contributed by atoms with Crippen LogP contribution in [-0.2, 0) is 9.53 Å². The van der Waals surface area contributed by atoms with E-state index in [-0.39, 0.29) is 6.42 Å². The largest absolute Gasteiger partial charge is 0.479 e. The van der Waals surface area contributed by atoms with Crippen LogP contribution in [0.2, 0.25) is 0 Å². The van der Waals surface area contributed by atoms with E-state index in [1.54, 1.807) is 19.9 Å². The minimum atomic E-state index is -1.15. The van der Waals surface area contributed by atoms with Crippen molar-refractivity contribution in [2.45, 2.75) is 33.3 Å². The molecule has 0 saturated carbocycles. The van der Waals surface area contributed by atoms with Crippen LogP contribution in [0.4, 0.5) is 5.69 Å². The van der Waals surface area contributed by atoms with Crippen molar-refractivity contribution < 1.29 is 19.4 Å². The number of benzene rings is 1. The first-order chi connectivity index (χ1) is 8.36. The predicted octanol–water partition coefficient (Wildman–Crippen LogP) is 1.91. The number of rotatable bonds is 4. The Morgan fingerprint density at radius 1 is 1.33 bits per heavy atom. The van der Waals surface area contributed by atoms with E-state index in [1.807, 2.05) is 6.92 Å². The van der Waals surface area contributed by atoms with Gasteiger partial charge in [-0.15, -0.1) is 0 Å². The summed E-state index contributed by atoms with van der Waals surface area (Å²) in [5.74, 6) is -1.81. The van der Waals surface area contributed by atoms with Crippen molar-refractivity contribution >= 4 is 17.6 Å². The van der Waals surface area contributed by atoms with Crippen LogP contribution in [0.1, 0.15) is 34.8 Å². The first kappa shape index (κ1) is 14.0. The molecule has 0 saturated heterocycles.